The predicted octanol–water partition coefficient (Wildman–Crippen LogP) is -0.421. The Bertz CT molecular complexity index is 75.4. The second kappa shape index (κ2) is 5.61. The van der Waals surface area contributed by atoms with Crippen LogP contribution in [0.5, 0.6) is 0 Å². The van der Waals surface area contributed by atoms with Gasteiger partial charge in [-0.05, 0) is 0 Å². The largest absolute Gasteiger partial charge is 0.383 e. The van der Waals surface area contributed by atoms with Crippen molar-refractivity contribution < 1.29 is 14.2 Å². The van der Waals surface area contributed by atoms with Crippen LogP contribution in [0, 0.1) is 0 Å². The molecule has 0 bridgehead atoms. The molecule has 1 unspecified atom stereocenters. The van der Waals surface area contributed by atoms with E-state index in [1.807, 2.05) is 0 Å². The van der Waals surface area contributed by atoms with Crippen LogP contribution in [0.15, 0.2) is 0 Å². The first-order valence-electron chi connectivity index (χ1n) is 3.06. The van der Waals surface area contributed by atoms with E-state index in [1.165, 1.54) is 0 Å². The summed E-state index contributed by atoms with van der Waals surface area (Å²) >= 11 is 0. The van der Waals surface area contributed by atoms with Crippen molar-refractivity contribution in [1.82, 2.24) is 0 Å². The van der Waals surface area contributed by atoms with E-state index in [-0.39, 0.29) is 12.3 Å². The van der Waals surface area contributed by atoms with Crippen molar-refractivity contribution in [3.63, 3.8) is 0 Å². The summed E-state index contributed by atoms with van der Waals surface area (Å²) in [5.41, 5.74) is 5.57. The van der Waals surface area contributed by atoms with Gasteiger partial charge in [-0.25, -0.2) is 0 Å². The maximum Gasteiger partial charge on any atom is 0.174 e. The monoisotopic (exact) mass is 149 g/mol. The van der Waals surface area contributed by atoms with Gasteiger partial charge in [-0.2, -0.15) is 0 Å². The number of hydrogen-bond acceptors (Lipinski definition) is 4. The van der Waals surface area contributed by atoms with Gasteiger partial charge in [-0.3, -0.25) is 0 Å². The first-order chi connectivity index (χ1) is 4.76. The fourth-order valence-electron chi connectivity index (χ4n) is 0.717. The molecule has 0 heterocycles. The van der Waals surface area contributed by atoms with Crippen molar-refractivity contribution in [2.75, 3.05) is 27.9 Å². The lowest BCUT2D eigenvalue weighted by molar-refractivity contribution is -0.124. The van der Waals surface area contributed by atoms with Gasteiger partial charge in [0.1, 0.15) is 0 Å². The van der Waals surface area contributed by atoms with Gasteiger partial charge in [-0.15, -0.1) is 0 Å². The van der Waals surface area contributed by atoms with Gasteiger partial charge in [0.15, 0.2) is 6.29 Å². The van der Waals surface area contributed by atoms with Crippen LogP contribution in [0.3, 0.4) is 0 Å². The van der Waals surface area contributed by atoms with Crippen LogP contribution >= 0.6 is 0 Å². The average Bonchev–Trinajstić information content (AvgIpc) is 1.91. The molecule has 4 heteroatoms. The normalized spacial score (nSPS) is 14.1. The quantitative estimate of drug-likeness (QED) is 0.539. The van der Waals surface area contributed by atoms with Gasteiger partial charge in [-0.1, -0.05) is 0 Å². The highest BCUT2D eigenvalue weighted by Gasteiger charge is 2.14. The van der Waals surface area contributed by atoms with Crippen LogP contribution in [0.4, 0.5) is 0 Å². The van der Waals surface area contributed by atoms with Crippen LogP contribution in [0.25, 0.3) is 0 Å². The molecule has 0 aromatic rings. The lowest BCUT2D eigenvalue weighted by Crippen LogP contribution is -2.40. The van der Waals surface area contributed by atoms with E-state index in [1.54, 1.807) is 21.3 Å². The topological polar surface area (TPSA) is 53.7 Å². The molecule has 0 aromatic heterocycles. The SMILES string of the molecule is COCC(N)C(OC)OC. The first kappa shape index (κ1) is 9.84. The standard InChI is InChI=1S/C6H15NO3/c1-8-4-5(7)6(9-2)10-3/h5-6H,4,7H2,1-3H3. The van der Waals surface area contributed by atoms with Crippen molar-refractivity contribution in [2.45, 2.75) is 12.3 Å². The van der Waals surface area contributed by atoms with Gasteiger partial charge in [0.05, 0.1) is 12.6 Å². The van der Waals surface area contributed by atoms with Crippen molar-refractivity contribution in [3.8, 4) is 0 Å². The van der Waals surface area contributed by atoms with Gasteiger partial charge < -0.3 is 19.9 Å². The van der Waals surface area contributed by atoms with Crippen molar-refractivity contribution in [1.29, 1.82) is 0 Å². The molecule has 0 aliphatic heterocycles. The van der Waals surface area contributed by atoms with Crippen LogP contribution < -0.4 is 5.73 Å². The van der Waals surface area contributed by atoms with Crippen LogP contribution in [-0.4, -0.2) is 40.3 Å². The minimum absolute atomic E-state index is 0.222. The maximum absolute atomic E-state index is 5.57. The summed E-state index contributed by atoms with van der Waals surface area (Å²) in [5, 5.41) is 0. The minimum atomic E-state index is -0.375. The van der Waals surface area contributed by atoms with E-state index >= 15 is 0 Å². The van der Waals surface area contributed by atoms with E-state index in [4.69, 9.17) is 19.9 Å². The van der Waals surface area contributed by atoms with Crippen LogP contribution in [0.1, 0.15) is 0 Å². The molecule has 0 amide bonds. The highest BCUT2D eigenvalue weighted by Crippen LogP contribution is 1.95. The molecule has 4 nitrogen and oxygen atoms in total. The third-order valence-electron chi connectivity index (χ3n) is 1.17. The molecule has 10 heavy (non-hydrogen) atoms. The summed E-state index contributed by atoms with van der Waals surface area (Å²) in [6, 6.07) is -0.222. The van der Waals surface area contributed by atoms with Gasteiger partial charge >= 0.3 is 0 Å². The Balaban J connectivity index is 3.53. The Hall–Kier alpha value is -0.160. The Morgan fingerprint density at radius 1 is 1.20 bits per heavy atom. The molecule has 62 valence electrons. The summed E-state index contributed by atoms with van der Waals surface area (Å²) in [4.78, 5) is 0. The molecule has 0 aliphatic carbocycles. The number of ether oxygens (including phenoxy) is 3. The van der Waals surface area contributed by atoms with Gasteiger partial charge in [0.25, 0.3) is 0 Å². The molecule has 0 rings (SSSR count). The Morgan fingerprint density at radius 3 is 2.00 bits per heavy atom. The van der Waals surface area contributed by atoms with E-state index < -0.39 is 0 Å². The Morgan fingerprint density at radius 2 is 1.70 bits per heavy atom. The third-order valence-corrected chi connectivity index (χ3v) is 1.17. The van der Waals surface area contributed by atoms with E-state index in [0.717, 1.165) is 0 Å². The summed E-state index contributed by atoms with van der Waals surface area (Å²) in [6.07, 6.45) is -0.375. The molecule has 0 aromatic carbocycles. The smallest absolute Gasteiger partial charge is 0.174 e. The molecule has 0 saturated heterocycles. The number of nitrogens with two attached hydrogens (primary N) is 1. The molecule has 0 spiro atoms. The first-order valence-corrected chi connectivity index (χ1v) is 3.06. The zero-order valence-electron chi connectivity index (χ0n) is 6.66. The predicted molar refractivity (Wildman–Crippen MR) is 37.7 cm³/mol. The molecule has 0 aliphatic rings. The fourth-order valence-corrected chi connectivity index (χ4v) is 0.717. The van der Waals surface area contributed by atoms with Crippen LogP contribution in [0.2, 0.25) is 0 Å². The van der Waals surface area contributed by atoms with Crippen molar-refractivity contribution >= 4 is 0 Å². The second-order valence-corrected chi connectivity index (χ2v) is 1.96. The molecule has 0 fully saturated rings. The molecular weight excluding hydrogens is 134 g/mol. The molecular formula is C6H15NO3. The summed E-state index contributed by atoms with van der Waals surface area (Å²) in [6.45, 7) is 0.437. The lowest BCUT2D eigenvalue weighted by atomic mass is 10.3. The highest BCUT2D eigenvalue weighted by molar-refractivity contribution is 4.63. The summed E-state index contributed by atoms with van der Waals surface area (Å²) in [5.74, 6) is 0. The van der Waals surface area contributed by atoms with E-state index in [2.05, 4.69) is 0 Å². The zero-order chi connectivity index (χ0) is 7.98. The van der Waals surface area contributed by atoms with E-state index in [0.29, 0.717) is 6.61 Å². The molecule has 2 N–H and O–H groups in total. The number of hydrogen-bond donors (Lipinski definition) is 1. The molecule has 0 saturated carbocycles. The maximum atomic E-state index is 5.57. The van der Waals surface area contributed by atoms with Crippen molar-refractivity contribution in [3.05, 3.63) is 0 Å². The molecule has 0 radical (unpaired) electrons. The van der Waals surface area contributed by atoms with Crippen molar-refractivity contribution in [2.24, 2.45) is 5.73 Å². The third kappa shape index (κ3) is 3.12. The Kier molecular flexibility index (Phi) is 5.52. The highest BCUT2D eigenvalue weighted by atomic mass is 16.7. The number of methoxy groups -OCH3 is 3. The molecule has 1 atom stereocenters. The minimum Gasteiger partial charge on any atom is -0.383 e. The summed E-state index contributed by atoms with van der Waals surface area (Å²) in [7, 11) is 4.68. The van der Waals surface area contributed by atoms with Gasteiger partial charge in [0.2, 0.25) is 0 Å². The Labute approximate surface area is 61.2 Å². The fraction of sp³-hybridized carbons (Fsp3) is 1.00. The lowest BCUT2D eigenvalue weighted by Gasteiger charge is -2.19. The second-order valence-electron chi connectivity index (χ2n) is 1.96. The zero-order valence-corrected chi connectivity index (χ0v) is 6.66. The number of rotatable bonds is 5. The average molecular weight is 149 g/mol. The van der Waals surface area contributed by atoms with E-state index in [9.17, 15) is 0 Å². The van der Waals surface area contributed by atoms with Crippen LogP contribution in [-0.2, 0) is 14.2 Å². The van der Waals surface area contributed by atoms with Gasteiger partial charge in [0, 0.05) is 21.3 Å². The summed E-state index contributed by atoms with van der Waals surface area (Å²) < 4.78 is 14.6.